The molecule has 10 nitrogen and oxygen atoms in total. The van der Waals surface area contributed by atoms with E-state index < -0.39 is 50.1 Å². The summed E-state index contributed by atoms with van der Waals surface area (Å²) in [5.41, 5.74) is 0. The van der Waals surface area contributed by atoms with Gasteiger partial charge in [0.05, 0.1) is 26.2 Å². The van der Waals surface area contributed by atoms with Crippen LogP contribution in [0.1, 0.15) is 0 Å². The van der Waals surface area contributed by atoms with Crippen molar-refractivity contribution < 1.29 is 95.5 Å². The first-order valence-corrected chi connectivity index (χ1v) is 5.52. The summed E-state index contributed by atoms with van der Waals surface area (Å²) in [5.74, 6) is -4.91. The van der Waals surface area contributed by atoms with Crippen LogP contribution in [0, 0.1) is 41.7 Å². The molecule has 0 fully saturated rings. The van der Waals surface area contributed by atoms with Crippen LogP contribution >= 0.6 is 0 Å². The van der Waals surface area contributed by atoms with Crippen molar-refractivity contribution in [1.82, 2.24) is 9.80 Å². The third kappa shape index (κ3) is 21.0. The van der Waals surface area contributed by atoms with Gasteiger partial charge in [-0.05, 0) is 0 Å². The van der Waals surface area contributed by atoms with Gasteiger partial charge in [-0.2, -0.15) is 0 Å². The summed E-state index contributed by atoms with van der Waals surface area (Å²) in [6, 6.07) is 0. The normalized spacial score (nSPS) is 8.92. The van der Waals surface area contributed by atoms with Crippen molar-refractivity contribution in [3.05, 3.63) is 0 Å². The van der Waals surface area contributed by atoms with E-state index >= 15 is 0 Å². The first kappa shape index (κ1) is 34.3. The van der Waals surface area contributed by atoms with Crippen LogP contribution in [0.4, 0.5) is 0 Å². The van der Waals surface area contributed by atoms with Crippen molar-refractivity contribution in [3.63, 3.8) is 0 Å². The van der Waals surface area contributed by atoms with Crippen LogP contribution < -0.4 is 14.1 Å². The van der Waals surface area contributed by atoms with Crippen molar-refractivity contribution in [1.29, 1.82) is 0 Å². The van der Waals surface area contributed by atoms with Crippen molar-refractivity contribution in [3.8, 4) is 0 Å². The molecule has 0 aromatic rings. The molecule has 4 N–H and O–H groups in total. The molecule has 0 aromatic carbocycles. The number of rotatable bonds is 11. The average Bonchev–Trinajstić information content (AvgIpc) is 2.22. The molecule has 0 saturated heterocycles. The van der Waals surface area contributed by atoms with E-state index in [0.29, 0.717) is 0 Å². The molecule has 0 atom stereocenters. The van der Waals surface area contributed by atoms with Gasteiger partial charge in [-0.25, -0.2) is 0 Å². The van der Waals surface area contributed by atoms with Crippen LogP contribution in [0.3, 0.4) is 0 Å². The average molecular weight is 489 g/mol. The Morgan fingerprint density at radius 2 is 0.708 bits per heavy atom. The molecule has 139 valence electrons. The van der Waals surface area contributed by atoms with E-state index in [2.05, 4.69) is 0 Å². The van der Waals surface area contributed by atoms with E-state index in [4.69, 9.17) is 20.4 Å². The summed E-state index contributed by atoms with van der Waals surface area (Å²) in [6.07, 6.45) is 0. The largest absolute Gasteiger partial charge is 3.00 e. The van der Waals surface area contributed by atoms with Gasteiger partial charge in [0.15, 0.2) is 0 Å². The molecular weight excluding hydrogens is 473 g/mol. The Morgan fingerprint density at radius 1 is 0.542 bits per heavy atom. The zero-order valence-electron chi connectivity index (χ0n) is 12.2. The molecule has 0 amide bonds. The second-order valence-corrected chi connectivity index (χ2v) is 4.00. The van der Waals surface area contributed by atoms with E-state index in [-0.39, 0.29) is 68.9 Å². The fraction of sp³-hybridized carbons (Fsp3) is 0.600. The monoisotopic (exact) mass is 489 g/mol. The van der Waals surface area contributed by atoms with Gasteiger partial charge in [-0.3, -0.25) is 29.0 Å². The molecule has 0 aromatic heterocycles. The molecule has 0 unspecified atom stereocenters. The molecule has 1 radical (unpaired) electrons. The number of carbonyl (C=O) groups is 4. The van der Waals surface area contributed by atoms with Gasteiger partial charge in [-0.15, -0.1) is 0 Å². The summed E-state index contributed by atoms with van der Waals surface area (Å²) in [7, 11) is 0. The zero-order chi connectivity index (χ0) is 15.7. The molecule has 14 heteroatoms. The smallest absolute Gasteiger partial charge is 1.00 e. The maximum absolute atomic E-state index is 10.6. The molecule has 0 saturated carbocycles. The Morgan fingerprint density at radius 3 is 0.833 bits per heavy atom. The number of carboxylic acid groups (broad SMARTS) is 4. The Kier molecular flexibility index (Phi) is 26.2. The summed E-state index contributed by atoms with van der Waals surface area (Å²) in [4.78, 5) is 44.4. The third-order valence-corrected chi connectivity index (χ3v) is 2.17. The molecule has 0 rings (SSSR count). The quantitative estimate of drug-likeness (QED) is 0.220. The molecule has 0 aliphatic carbocycles. The summed E-state index contributed by atoms with van der Waals surface area (Å²) < 4.78 is 0. The van der Waals surface area contributed by atoms with Gasteiger partial charge in [0, 0.05) is 13.1 Å². The molecule has 0 aliphatic heterocycles. The SMILES string of the molecule is O=C(O)CN(CCN(CC(=O)O)CC(=O)O)CC(=O)O.[Ce+3].[F-].[F-].[F-]. The van der Waals surface area contributed by atoms with E-state index in [1.165, 1.54) is 0 Å². The number of hydrogen-bond donors (Lipinski definition) is 4. The maximum Gasteiger partial charge on any atom is 3.00 e. The van der Waals surface area contributed by atoms with Gasteiger partial charge < -0.3 is 34.5 Å². The van der Waals surface area contributed by atoms with Gasteiger partial charge in [0.1, 0.15) is 0 Å². The zero-order valence-corrected chi connectivity index (χ0v) is 15.3. The summed E-state index contributed by atoms with van der Waals surface area (Å²) in [5, 5.41) is 34.5. The Balaban J connectivity index is -0.000000301. The fourth-order valence-corrected chi connectivity index (χ4v) is 1.48. The predicted octanol–water partition coefficient (Wildman–Crippen LogP) is -11.1. The topological polar surface area (TPSA) is 156 Å². The van der Waals surface area contributed by atoms with Gasteiger partial charge in [-0.1, -0.05) is 0 Å². The molecule has 0 spiro atoms. The van der Waals surface area contributed by atoms with Crippen molar-refractivity contribution in [2.75, 3.05) is 39.3 Å². The van der Waals surface area contributed by atoms with Gasteiger partial charge >= 0.3 is 65.6 Å². The molecule has 24 heavy (non-hydrogen) atoms. The van der Waals surface area contributed by atoms with E-state index in [9.17, 15) is 19.2 Å². The number of aliphatic carboxylic acids is 4. The first-order chi connectivity index (χ1) is 9.20. The minimum Gasteiger partial charge on any atom is -1.00 e. The van der Waals surface area contributed by atoms with Crippen molar-refractivity contribution in [2.45, 2.75) is 0 Å². The number of halogens is 3. The van der Waals surface area contributed by atoms with Gasteiger partial charge in [0.25, 0.3) is 0 Å². The van der Waals surface area contributed by atoms with Gasteiger partial charge in [0.2, 0.25) is 0 Å². The minimum absolute atomic E-state index is 0. The molecule has 0 aliphatic rings. The third-order valence-electron chi connectivity index (χ3n) is 2.17. The van der Waals surface area contributed by atoms with Crippen LogP contribution in [0.25, 0.3) is 0 Å². The minimum atomic E-state index is -1.23. The molecule has 0 heterocycles. The number of nitrogens with zero attached hydrogens (tertiary/aromatic N) is 2. The van der Waals surface area contributed by atoms with E-state index in [1.54, 1.807) is 0 Å². The maximum atomic E-state index is 10.6. The second-order valence-electron chi connectivity index (χ2n) is 4.00. The summed E-state index contributed by atoms with van der Waals surface area (Å²) in [6.45, 7) is -2.25. The van der Waals surface area contributed by atoms with Crippen LogP contribution in [0.2, 0.25) is 0 Å². The van der Waals surface area contributed by atoms with Crippen LogP contribution in [0.5, 0.6) is 0 Å². The molecule has 0 bridgehead atoms. The van der Waals surface area contributed by atoms with Crippen LogP contribution in [-0.4, -0.2) is 93.4 Å². The Hall–Kier alpha value is -1.03. The molecular formula is C10H16CeF3N2O8. The van der Waals surface area contributed by atoms with Crippen LogP contribution in [0.15, 0.2) is 0 Å². The Labute approximate surface area is 167 Å². The number of hydrogen-bond acceptors (Lipinski definition) is 6. The van der Waals surface area contributed by atoms with E-state index in [1.807, 2.05) is 0 Å². The number of carboxylic acids is 4. The van der Waals surface area contributed by atoms with E-state index in [0.717, 1.165) is 9.80 Å². The summed E-state index contributed by atoms with van der Waals surface area (Å²) >= 11 is 0. The van der Waals surface area contributed by atoms with Crippen LogP contribution in [-0.2, 0) is 19.2 Å². The van der Waals surface area contributed by atoms with Crippen molar-refractivity contribution >= 4 is 23.9 Å². The fourth-order valence-electron chi connectivity index (χ4n) is 1.48. The van der Waals surface area contributed by atoms with Crippen molar-refractivity contribution in [2.24, 2.45) is 0 Å². The second kappa shape index (κ2) is 18.3. The predicted molar refractivity (Wildman–Crippen MR) is 63.4 cm³/mol. The Bertz CT molecular complexity index is 334. The standard InChI is InChI=1S/C10H16N2O8.Ce.3FH/c13-7(14)3-11(4-8(15)16)1-2-12(5-9(17)18)6-10(19)20;;;;/h1-6H2,(H,13,14)(H,15,16)(H,17,18)(H,19,20);;3*1H/q;+3;;;/p-3. The first-order valence-electron chi connectivity index (χ1n) is 5.52.